The summed E-state index contributed by atoms with van der Waals surface area (Å²) in [5, 5.41) is 6.89. The minimum absolute atomic E-state index is 0.205. The zero-order valence-corrected chi connectivity index (χ0v) is 13.2. The quantitative estimate of drug-likeness (QED) is 0.725. The number of nitrogens with two attached hydrogens (primary N) is 1. The molecule has 0 radical (unpaired) electrons. The average Bonchev–Trinajstić information content (AvgIpc) is 2.84. The molecule has 3 atom stereocenters. The molecule has 3 aliphatic rings. The minimum Gasteiger partial charge on any atom is -0.352 e. The lowest BCUT2D eigenvalue weighted by Gasteiger charge is -2.32. The fourth-order valence-corrected chi connectivity index (χ4v) is 4.78. The summed E-state index contributed by atoms with van der Waals surface area (Å²) in [5.41, 5.74) is 5.91. The number of piperidine rings is 1. The number of nitrogens with one attached hydrogen (secondary N) is 2. The van der Waals surface area contributed by atoms with Gasteiger partial charge in [-0.15, -0.1) is 0 Å². The molecule has 120 valence electrons. The maximum atomic E-state index is 12.4. The molecule has 3 fully saturated rings. The van der Waals surface area contributed by atoms with Crippen molar-refractivity contribution in [3.8, 4) is 0 Å². The number of carbonyl (C=O) groups is 1. The fraction of sp³-hybridized carbons (Fsp3) is 0.941. The van der Waals surface area contributed by atoms with Crippen LogP contribution in [0.3, 0.4) is 0 Å². The zero-order chi connectivity index (χ0) is 14.7. The van der Waals surface area contributed by atoms with E-state index in [1.165, 1.54) is 57.8 Å². The van der Waals surface area contributed by atoms with Crippen LogP contribution in [0.5, 0.6) is 0 Å². The summed E-state index contributed by atoms with van der Waals surface area (Å²) in [5.74, 6) is 1.42. The van der Waals surface area contributed by atoms with Gasteiger partial charge in [0.05, 0.1) is 0 Å². The number of hydrogen-bond acceptors (Lipinski definition) is 3. The van der Waals surface area contributed by atoms with E-state index in [0.717, 1.165) is 0 Å². The summed E-state index contributed by atoms with van der Waals surface area (Å²) < 4.78 is 0. The van der Waals surface area contributed by atoms with Crippen molar-refractivity contribution in [1.29, 1.82) is 0 Å². The summed E-state index contributed by atoms with van der Waals surface area (Å²) in [6.07, 6.45) is 12.1. The van der Waals surface area contributed by atoms with Gasteiger partial charge >= 0.3 is 0 Å². The van der Waals surface area contributed by atoms with Gasteiger partial charge < -0.3 is 16.4 Å². The summed E-state index contributed by atoms with van der Waals surface area (Å²) in [6.45, 7) is 0.591. The molecule has 3 unspecified atom stereocenters. The number of amides is 1. The SMILES string of the molecule is NCC(NC(=O)CC1CC2CCC(C1)N2)C1CCCCC1. The molecule has 21 heavy (non-hydrogen) atoms. The molecule has 0 aromatic heterocycles. The van der Waals surface area contributed by atoms with E-state index < -0.39 is 0 Å². The average molecular weight is 293 g/mol. The van der Waals surface area contributed by atoms with Gasteiger partial charge in [0.15, 0.2) is 0 Å². The van der Waals surface area contributed by atoms with Gasteiger partial charge in [0, 0.05) is 31.1 Å². The Morgan fingerprint density at radius 1 is 1.10 bits per heavy atom. The second-order valence-electron chi connectivity index (χ2n) is 7.49. The molecule has 2 aliphatic heterocycles. The highest BCUT2D eigenvalue weighted by molar-refractivity contribution is 5.76. The maximum absolute atomic E-state index is 12.4. The van der Waals surface area contributed by atoms with Gasteiger partial charge in [0.2, 0.25) is 5.91 Å². The molecule has 2 saturated heterocycles. The van der Waals surface area contributed by atoms with E-state index in [9.17, 15) is 4.79 Å². The van der Waals surface area contributed by atoms with Gasteiger partial charge in [-0.05, 0) is 50.4 Å². The number of carbonyl (C=O) groups excluding carboxylic acids is 1. The summed E-state index contributed by atoms with van der Waals surface area (Å²) in [6, 6.07) is 1.55. The molecule has 1 amide bonds. The monoisotopic (exact) mass is 293 g/mol. The Balaban J connectivity index is 1.46. The Hall–Kier alpha value is -0.610. The topological polar surface area (TPSA) is 67.1 Å². The normalized spacial score (nSPS) is 34.6. The zero-order valence-electron chi connectivity index (χ0n) is 13.2. The van der Waals surface area contributed by atoms with Crippen LogP contribution in [0.25, 0.3) is 0 Å². The van der Waals surface area contributed by atoms with Crippen molar-refractivity contribution in [2.75, 3.05) is 6.54 Å². The van der Waals surface area contributed by atoms with Crippen LogP contribution in [0.4, 0.5) is 0 Å². The van der Waals surface area contributed by atoms with Crippen LogP contribution in [0.1, 0.15) is 64.2 Å². The molecule has 4 heteroatoms. The van der Waals surface area contributed by atoms with E-state index in [0.29, 0.717) is 36.9 Å². The third-order valence-corrected chi connectivity index (χ3v) is 5.86. The van der Waals surface area contributed by atoms with Gasteiger partial charge in [-0.3, -0.25) is 4.79 Å². The van der Waals surface area contributed by atoms with Crippen LogP contribution in [0.2, 0.25) is 0 Å². The summed E-state index contributed by atoms with van der Waals surface area (Å²) in [7, 11) is 0. The van der Waals surface area contributed by atoms with Gasteiger partial charge in [-0.1, -0.05) is 19.3 Å². The lowest BCUT2D eigenvalue weighted by atomic mass is 9.83. The molecule has 2 heterocycles. The molecule has 4 N–H and O–H groups in total. The molecular formula is C17H31N3O. The van der Waals surface area contributed by atoms with Gasteiger partial charge in [0.1, 0.15) is 0 Å². The van der Waals surface area contributed by atoms with Crippen molar-refractivity contribution in [2.24, 2.45) is 17.6 Å². The van der Waals surface area contributed by atoms with E-state index in [1.807, 2.05) is 0 Å². The molecule has 3 rings (SSSR count). The van der Waals surface area contributed by atoms with E-state index in [4.69, 9.17) is 5.73 Å². The molecule has 1 aliphatic carbocycles. The highest BCUT2D eigenvalue weighted by atomic mass is 16.1. The first-order valence-corrected chi connectivity index (χ1v) is 9.00. The van der Waals surface area contributed by atoms with E-state index in [-0.39, 0.29) is 11.9 Å². The van der Waals surface area contributed by atoms with Gasteiger partial charge in [-0.2, -0.15) is 0 Å². The Morgan fingerprint density at radius 3 is 2.38 bits per heavy atom. The van der Waals surface area contributed by atoms with Crippen molar-refractivity contribution in [2.45, 2.75) is 82.3 Å². The Labute approximate surface area is 128 Å². The van der Waals surface area contributed by atoms with E-state index >= 15 is 0 Å². The molecule has 0 aromatic rings. The standard InChI is InChI=1S/C17H31N3O/c18-11-16(13-4-2-1-3-5-13)20-17(21)10-12-8-14-6-7-15(9-12)19-14/h12-16,19H,1-11,18H2,(H,20,21). The van der Waals surface area contributed by atoms with Crippen molar-refractivity contribution >= 4 is 5.91 Å². The van der Waals surface area contributed by atoms with E-state index in [2.05, 4.69) is 10.6 Å². The molecule has 1 saturated carbocycles. The third kappa shape index (κ3) is 3.98. The first-order chi connectivity index (χ1) is 10.2. The van der Waals surface area contributed by atoms with Crippen LogP contribution in [0, 0.1) is 11.8 Å². The first kappa shape index (κ1) is 15.3. The number of fused-ring (bicyclic) bond motifs is 2. The molecular weight excluding hydrogens is 262 g/mol. The molecule has 4 nitrogen and oxygen atoms in total. The molecule has 0 aromatic carbocycles. The highest BCUT2D eigenvalue weighted by Gasteiger charge is 2.34. The lowest BCUT2D eigenvalue weighted by Crippen LogP contribution is -2.47. The Kier molecular flexibility index (Phi) is 5.17. The van der Waals surface area contributed by atoms with Crippen LogP contribution in [-0.2, 0) is 4.79 Å². The first-order valence-electron chi connectivity index (χ1n) is 9.00. The summed E-state index contributed by atoms with van der Waals surface area (Å²) >= 11 is 0. The molecule has 2 bridgehead atoms. The Morgan fingerprint density at radius 2 is 1.76 bits per heavy atom. The third-order valence-electron chi connectivity index (χ3n) is 5.86. The number of hydrogen-bond donors (Lipinski definition) is 3. The van der Waals surface area contributed by atoms with Crippen molar-refractivity contribution in [1.82, 2.24) is 10.6 Å². The second-order valence-corrected chi connectivity index (χ2v) is 7.49. The van der Waals surface area contributed by atoms with Gasteiger partial charge in [-0.25, -0.2) is 0 Å². The van der Waals surface area contributed by atoms with Crippen LogP contribution in [0.15, 0.2) is 0 Å². The van der Waals surface area contributed by atoms with Crippen molar-refractivity contribution in [3.05, 3.63) is 0 Å². The van der Waals surface area contributed by atoms with Crippen LogP contribution >= 0.6 is 0 Å². The summed E-state index contributed by atoms with van der Waals surface area (Å²) in [4.78, 5) is 12.4. The predicted molar refractivity (Wildman–Crippen MR) is 84.8 cm³/mol. The van der Waals surface area contributed by atoms with Crippen molar-refractivity contribution in [3.63, 3.8) is 0 Å². The maximum Gasteiger partial charge on any atom is 0.220 e. The van der Waals surface area contributed by atoms with Gasteiger partial charge in [0.25, 0.3) is 0 Å². The fourth-order valence-electron chi connectivity index (χ4n) is 4.78. The second kappa shape index (κ2) is 7.10. The predicted octanol–water partition coefficient (Wildman–Crippen LogP) is 1.93. The van der Waals surface area contributed by atoms with Crippen molar-refractivity contribution < 1.29 is 4.79 Å². The van der Waals surface area contributed by atoms with E-state index in [1.54, 1.807) is 0 Å². The molecule has 0 spiro atoms. The minimum atomic E-state index is 0.205. The lowest BCUT2D eigenvalue weighted by molar-refractivity contribution is -0.123. The smallest absolute Gasteiger partial charge is 0.220 e. The number of rotatable bonds is 5. The Bertz CT molecular complexity index is 342. The highest BCUT2D eigenvalue weighted by Crippen LogP contribution is 2.33. The van der Waals surface area contributed by atoms with Crippen LogP contribution < -0.4 is 16.4 Å². The largest absolute Gasteiger partial charge is 0.352 e. The van der Waals surface area contributed by atoms with Crippen LogP contribution in [-0.4, -0.2) is 30.6 Å².